The highest BCUT2D eigenvalue weighted by Crippen LogP contribution is 2.21. The van der Waals surface area contributed by atoms with Crippen LogP contribution in [-0.4, -0.2) is 54.0 Å². The molecule has 2 aromatic carbocycles. The highest BCUT2D eigenvalue weighted by molar-refractivity contribution is 7.92. The van der Waals surface area contributed by atoms with E-state index in [1.54, 1.807) is 55.6 Å². The van der Waals surface area contributed by atoms with E-state index in [1.807, 2.05) is 6.92 Å². The Hall–Kier alpha value is -2.94. The average molecular weight is 437 g/mol. The zero-order valence-electron chi connectivity index (χ0n) is 17.6. The van der Waals surface area contributed by atoms with E-state index in [4.69, 9.17) is 14.2 Å². The maximum Gasteiger partial charge on any atom is 0.261 e. The molecule has 0 unspecified atom stereocenters. The summed E-state index contributed by atoms with van der Waals surface area (Å²) < 4.78 is 40.8. The topological polar surface area (TPSA) is 94.2 Å². The second-order valence-corrected chi connectivity index (χ2v) is 8.57. The maximum absolute atomic E-state index is 12.4. The van der Waals surface area contributed by atoms with Gasteiger partial charge in [-0.05, 0) is 55.0 Å². The van der Waals surface area contributed by atoms with Gasteiger partial charge in [0.1, 0.15) is 23.9 Å². The molecule has 30 heavy (non-hydrogen) atoms. The number of ether oxygens (including phenoxy) is 3. The third-order valence-corrected chi connectivity index (χ3v) is 5.57. The zero-order chi connectivity index (χ0) is 22.1. The Bertz CT molecular complexity index is 914. The van der Waals surface area contributed by atoms with Crippen molar-refractivity contribution < 1.29 is 27.4 Å². The number of hydrogen-bond acceptors (Lipinski definition) is 6. The normalized spacial score (nSPS) is 12.0. The molecule has 0 bridgehead atoms. The summed E-state index contributed by atoms with van der Waals surface area (Å²) in [5.41, 5.74) is 0.512. The molecule has 0 aromatic heterocycles. The summed E-state index contributed by atoms with van der Waals surface area (Å²) in [6.07, 6.45) is 0.952. The first-order valence-corrected chi connectivity index (χ1v) is 11.3. The Morgan fingerprint density at radius 2 is 1.60 bits per heavy atom. The van der Waals surface area contributed by atoms with Crippen LogP contribution in [0.25, 0.3) is 0 Å². The van der Waals surface area contributed by atoms with Crippen molar-refractivity contribution in [1.29, 1.82) is 0 Å². The fraction of sp³-hybridized carbons (Fsp3) is 0.381. The Balaban J connectivity index is 1.82. The van der Waals surface area contributed by atoms with Gasteiger partial charge in [0.05, 0.1) is 25.6 Å². The van der Waals surface area contributed by atoms with E-state index in [-0.39, 0.29) is 5.91 Å². The van der Waals surface area contributed by atoms with Crippen molar-refractivity contribution in [3.05, 3.63) is 48.5 Å². The molecule has 0 aliphatic carbocycles. The van der Waals surface area contributed by atoms with Crippen molar-refractivity contribution in [3.8, 4) is 17.2 Å². The van der Waals surface area contributed by atoms with Crippen LogP contribution in [0.3, 0.4) is 0 Å². The molecule has 1 atom stereocenters. The highest BCUT2D eigenvalue weighted by atomic mass is 32.2. The van der Waals surface area contributed by atoms with E-state index in [9.17, 15) is 13.2 Å². The van der Waals surface area contributed by atoms with Crippen LogP contribution in [-0.2, 0) is 14.8 Å². The fourth-order valence-corrected chi connectivity index (χ4v) is 3.05. The van der Waals surface area contributed by atoms with E-state index in [0.717, 1.165) is 12.0 Å². The summed E-state index contributed by atoms with van der Waals surface area (Å²) >= 11 is 0. The standard InChI is InChI=1S/C21H28N2O6S/c1-5-20(29-19-8-6-16(7-9-19)23(2)30(4,25)26)21(24)22-14-15-28-18-12-10-17(27-3)11-13-18/h6-13,20H,5,14-15H2,1-4H3,(H,22,24)/t20-/m1/s1. The smallest absolute Gasteiger partial charge is 0.261 e. The molecule has 2 aromatic rings. The van der Waals surface area contributed by atoms with Gasteiger partial charge in [-0.15, -0.1) is 0 Å². The van der Waals surface area contributed by atoms with E-state index in [2.05, 4.69) is 5.32 Å². The lowest BCUT2D eigenvalue weighted by molar-refractivity contribution is -0.128. The number of methoxy groups -OCH3 is 1. The number of sulfonamides is 1. The number of carbonyl (C=O) groups excluding carboxylic acids is 1. The van der Waals surface area contributed by atoms with Crippen molar-refractivity contribution in [2.45, 2.75) is 19.4 Å². The minimum absolute atomic E-state index is 0.242. The van der Waals surface area contributed by atoms with Gasteiger partial charge in [0, 0.05) is 7.05 Å². The van der Waals surface area contributed by atoms with Crippen molar-refractivity contribution >= 4 is 21.6 Å². The van der Waals surface area contributed by atoms with Crippen molar-refractivity contribution in [1.82, 2.24) is 5.32 Å². The van der Waals surface area contributed by atoms with Crippen LogP contribution in [0.2, 0.25) is 0 Å². The first kappa shape index (κ1) is 23.3. The minimum Gasteiger partial charge on any atom is -0.497 e. The van der Waals surface area contributed by atoms with Crippen LogP contribution < -0.4 is 23.8 Å². The summed E-state index contributed by atoms with van der Waals surface area (Å²) in [4.78, 5) is 12.4. The van der Waals surface area contributed by atoms with Gasteiger partial charge in [-0.1, -0.05) is 6.92 Å². The van der Waals surface area contributed by atoms with Gasteiger partial charge in [0.15, 0.2) is 6.10 Å². The molecule has 0 saturated heterocycles. The number of nitrogens with one attached hydrogen (secondary N) is 1. The SMILES string of the molecule is CC[C@@H](Oc1ccc(N(C)S(C)(=O)=O)cc1)C(=O)NCCOc1ccc(OC)cc1. The quantitative estimate of drug-likeness (QED) is 0.544. The Morgan fingerprint density at radius 1 is 1.03 bits per heavy atom. The molecular formula is C21H28N2O6S. The lowest BCUT2D eigenvalue weighted by Gasteiger charge is -2.19. The van der Waals surface area contributed by atoms with Crippen molar-refractivity contribution in [2.24, 2.45) is 0 Å². The summed E-state index contributed by atoms with van der Waals surface area (Å²) in [7, 11) is -0.265. The largest absolute Gasteiger partial charge is 0.497 e. The number of carbonyl (C=O) groups is 1. The van der Waals surface area contributed by atoms with Crippen LogP contribution in [0.4, 0.5) is 5.69 Å². The molecule has 0 aliphatic rings. The molecule has 2 rings (SSSR count). The predicted octanol–water partition coefficient (Wildman–Crippen LogP) is 2.44. The van der Waals surface area contributed by atoms with Gasteiger partial charge in [0.25, 0.3) is 5.91 Å². The van der Waals surface area contributed by atoms with Gasteiger partial charge >= 0.3 is 0 Å². The summed E-state index contributed by atoms with van der Waals surface area (Å²) in [6, 6.07) is 13.7. The molecule has 0 heterocycles. The third-order valence-electron chi connectivity index (χ3n) is 4.37. The van der Waals surface area contributed by atoms with E-state index in [0.29, 0.717) is 36.8 Å². The highest BCUT2D eigenvalue weighted by Gasteiger charge is 2.18. The second kappa shape index (κ2) is 10.7. The van der Waals surface area contributed by atoms with Gasteiger partial charge in [0.2, 0.25) is 10.0 Å². The lowest BCUT2D eigenvalue weighted by Crippen LogP contribution is -2.39. The van der Waals surface area contributed by atoms with Gasteiger partial charge < -0.3 is 19.5 Å². The molecule has 8 nitrogen and oxygen atoms in total. The Morgan fingerprint density at radius 3 is 2.13 bits per heavy atom. The van der Waals surface area contributed by atoms with Gasteiger partial charge in [-0.25, -0.2) is 8.42 Å². The fourth-order valence-electron chi connectivity index (χ4n) is 2.54. The zero-order valence-corrected chi connectivity index (χ0v) is 18.4. The first-order valence-electron chi connectivity index (χ1n) is 9.49. The minimum atomic E-state index is -3.34. The van der Waals surface area contributed by atoms with Crippen molar-refractivity contribution in [3.63, 3.8) is 0 Å². The summed E-state index contributed by atoms with van der Waals surface area (Å²) in [6.45, 7) is 2.51. The molecular weight excluding hydrogens is 408 g/mol. The van der Waals surface area contributed by atoms with Crippen LogP contribution >= 0.6 is 0 Å². The van der Waals surface area contributed by atoms with Crippen LogP contribution in [0.15, 0.2) is 48.5 Å². The van der Waals surface area contributed by atoms with Crippen LogP contribution in [0.5, 0.6) is 17.2 Å². The van der Waals surface area contributed by atoms with Gasteiger partial charge in [-0.2, -0.15) is 0 Å². The third kappa shape index (κ3) is 6.84. The number of anilines is 1. The molecule has 9 heteroatoms. The summed E-state index contributed by atoms with van der Waals surface area (Å²) in [5.74, 6) is 1.67. The predicted molar refractivity (Wildman–Crippen MR) is 116 cm³/mol. The maximum atomic E-state index is 12.4. The van der Waals surface area contributed by atoms with Crippen molar-refractivity contribution in [2.75, 3.05) is 37.9 Å². The Labute approximate surface area is 177 Å². The number of amides is 1. The number of benzene rings is 2. The van der Waals surface area contributed by atoms with Crippen LogP contribution in [0, 0.1) is 0 Å². The van der Waals surface area contributed by atoms with E-state index in [1.165, 1.54) is 11.4 Å². The number of nitrogens with zero attached hydrogens (tertiary/aromatic N) is 1. The molecule has 0 spiro atoms. The molecule has 164 valence electrons. The van der Waals surface area contributed by atoms with E-state index < -0.39 is 16.1 Å². The molecule has 0 radical (unpaired) electrons. The first-order chi connectivity index (χ1) is 14.2. The Kier molecular flexibility index (Phi) is 8.35. The number of rotatable bonds is 11. The molecule has 0 fully saturated rings. The second-order valence-electron chi connectivity index (χ2n) is 6.55. The molecule has 1 N–H and O–H groups in total. The van der Waals surface area contributed by atoms with Gasteiger partial charge in [-0.3, -0.25) is 9.10 Å². The lowest BCUT2D eigenvalue weighted by atomic mass is 10.2. The van der Waals surface area contributed by atoms with E-state index >= 15 is 0 Å². The molecule has 0 aliphatic heterocycles. The van der Waals surface area contributed by atoms with Crippen LogP contribution in [0.1, 0.15) is 13.3 Å². The average Bonchev–Trinajstić information content (AvgIpc) is 2.74. The molecule has 0 saturated carbocycles. The summed E-state index contributed by atoms with van der Waals surface area (Å²) in [5, 5.41) is 2.80. The monoisotopic (exact) mass is 436 g/mol. The number of hydrogen-bond donors (Lipinski definition) is 1. The molecule has 1 amide bonds.